The Morgan fingerprint density at radius 3 is 2.65 bits per heavy atom. The monoisotopic (exact) mass is 381 g/mol. The third-order valence-electron chi connectivity index (χ3n) is 3.59. The van der Waals surface area contributed by atoms with E-state index in [0.29, 0.717) is 12.6 Å². The van der Waals surface area contributed by atoms with E-state index in [2.05, 4.69) is 33.0 Å². The summed E-state index contributed by atoms with van der Waals surface area (Å²) >= 11 is 2.27. The first-order chi connectivity index (χ1) is 9.70. The Hall–Kier alpha value is -1.37. The van der Waals surface area contributed by atoms with Gasteiger partial charge in [0.05, 0.1) is 18.4 Å². The van der Waals surface area contributed by atoms with E-state index in [0.717, 1.165) is 11.3 Å². The minimum atomic E-state index is -0.0622. The van der Waals surface area contributed by atoms with Crippen LogP contribution in [0, 0.1) is 3.57 Å². The van der Waals surface area contributed by atoms with Gasteiger partial charge in [-0.25, -0.2) is 4.68 Å². The molecule has 1 fully saturated rings. The highest BCUT2D eigenvalue weighted by Crippen LogP contribution is 2.22. The molecule has 3 rings (SSSR count). The van der Waals surface area contributed by atoms with Crippen LogP contribution in [0.25, 0.3) is 0 Å². The van der Waals surface area contributed by atoms with Gasteiger partial charge in [0.2, 0.25) is 0 Å². The quantitative estimate of drug-likeness (QED) is 0.829. The normalized spacial score (nSPS) is 14.8. The van der Waals surface area contributed by atoms with Gasteiger partial charge >= 0.3 is 0 Å². The van der Waals surface area contributed by atoms with Gasteiger partial charge in [-0.2, -0.15) is 5.10 Å². The smallest absolute Gasteiger partial charge is 0.269 e. The Morgan fingerprint density at radius 2 is 2.05 bits per heavy atom. The summed E-state index contributed by atoms with van der Waals surface area (Å²) in [5.74, 6) is 0. The number of benzene rings is 1. The number of halogens is 1. The van der Waals surface area contributed by atoms with Crippen molar-refractivity contribution in [2.45, 2.75) is 31.8 Å². The number of rotatable bonds is 4. The van der Waals surface area contributed by atoms with Gasteiger partial charge in [0.1, 0.15) is 0 Å². The van der Waals surface area contributed by atoms with Gasteiger partial charge in [-0.05, 0) is 59.5 Å². The Balaban J connectivity index is 1.73. The molecule has 0 saturated heterocycles. The third kappa shape index (κ3) is 3.20. The predicted octanol–water partition coefficient (Wildman–Crippen LogP) is 2.86. The van der Waals surface area contributed by atoms with Crippen LogP contribution in [0.3, 0.4) is 0 Å². The van der Waals surface area contributed by atoms with Gasteiger partial charge in [-0.1, -0.05) is 12.1 Å². The second-order valence-corrected chi connectivity index (χ2v) is 6.38. The Bertz CT molecular complexity index is 647. The Kier molecular flexibility index (Phi) is 4.05. The van der Waals surface area contributed by atoms with Crippen LogP contribution in [-0.4, -0.2) is 15.8 Å². The maximum atomic E-state index is 12.1. The molecule has 104 valence electrons. The Labute approximate surface area is 131 Å². The number of anilines is 1. The van der Waals surface area contributed by atoms with Crippen LogP contribution in [-0.2, 0) is 6.54 Å². The van der Waals surface area contributed by atoms with Crippen LogP contribution < -0.4 is 10.9 Å². The number of nitrogens with zero attached hydrogens (tertiary/aromatic N) is 2. The van der Waals surface area contributed by atoms with E-state index >= 15 is 0 Å². The van der Waals surface area contributed by atoms with Crippen LogP contribution in [0.4, 0.5) is 5.69 Å². The minimum absolute atomic E-state index is 0.0622. The van der Waals surface area contributed by atoms with Crippen molar-refractivity contribution in [1.29, 1.82) is 0 Å². The fourth-order valence-electron chi connectivity index (χ4n) is 2.18. The molecule has 1 N–H and O–H groups in total. The zero-order chi connectivity index (χ0) is 13.9. The predicted molar refractivity (Wildman–Crippen MR) is 88.0 cm³/mol. The zero-order valence-corrected chi connectivity index (χ0v) is 13.2. The first-order valence-electron chi connectivity index (χ1n) is 6.79. The molecular formula is C15H16IN3O. The summed E-state index contributed by atoms with van der Waals surface area (Å²) in [4.78, 5) is 12.1. The van der Waals surface area contributed by atoms with Gasteiger partial charge in [-0.15, -0.1) is 0 Å². The molecule has 1 aromatic heterocycles. The standard InChI is InChI=1S/C15H16IN3O/c16-12-6-4-11(5-7-12)10-19-15(20)8-14(9-17-19)18-13-2-1-3-13/h4-9,13,18H,1-3,10H2. The fourth-order valence-corrected chi connectivity index (χ4v) is 2.54. The average molecular weight is 381 g/mol. The molecule has 0 bridgehead atoms. The second kappa shape index (κ2) is 5.95. The molecule has 0 spiro atoms. The van der Waals surface area contributed by atoms with E-state index in [1.54, 1.807) is 12.3 Å². The van der Waals surface area contributed by atoms with Crippen molar-refractivity contribution in [3.05, 3.63) is 56.0 Å². The summed E-state index contributed by atoms with van der Waals surface area (Å²) < 4.78 is 2.68. The molecule has 1 aliphatic rings. The molecule has 0 amide bonds. The summed E-state index contributed by atoms with van der Waals surface area (Å²) in [6.45, 7) is 0.513. The highest BCUT2D eigenvalue weighted by atomic mass is 127. The maximum absolute atomic E-state index is 12.1. The molecular weight excluding hydrogens is 365 g/mol. The van der Waals surface area contributed by atoms with E-state index in [-0.39, 0.29) is 5.56 Å². The molecule has 2 aromatic rings. The summed E-state index contributed by atoms with van der Waals surface area (Å²) in [7, 11) is 0. The van der Waals surface area contributed by atoms with E-state index < -0.39 is 0 Å². The molecule has 4 nitrogen and oxygen atoms in total. The molecule has 5 heteroatoms. The van der Waals surface area contributed by atoms with Crippen LogP contribution in [0.1, 0.15) is 24.8 Å². The molecule has 1 aromatic carbocycles. The highest BCUT2D eigenvalue weighted by Gasteiger charge is 2.17. The van der Waals surface area contributed by atoms with E-state index in [1.165, 1.54) is 27.5 Å². The van der Waals surface area contributed by atoms with Crippen molar-refractivity contribution >= 4 is 28.3 Å². The topological polar surface area (TPSA) is 46.9 Å². The third-order valence-corrected chi connectivity index (χ3v) is 4.31. The van der Waals surface area contributed by atoms with Crippen LogP contribution in [0.15, 0.2) is 41.3 Å². The van der Waals surface area contributed by atoms with E-state index in [4.69, 9.17) is 0 Å². The number of hydrogen-bond acceptors (Lipinski definition) is 3. The first kappa shape index (κ1) is 13.6. The van der Waals surface area contributed by atoms with Gasteiger partial charge in [-0.3, -0.25) is 4.79 Å². The minimum Gasteiger partial charge on any atom is -0.381 e. The molecule has 0 radical (unpaired) electrons. The molecule has 20 heavy (non-hydrogen) atoms. The van der Waals surface area contributed by atoms with Crippen molar-refractivity contribution in [1.82, 2.24) is 9.78 Å². The molecule has 0 aliphatic heterocycles. The fraction of sp³-hybridized carbons (Fsp3) is 0.333. The molecule has 0 unspecified atom stereocenters. The van der Waals surface area contributed by atoms with Crippen molar-refractivity contribution in [3.8, 4) is 0 Å². The van der Waals surface area contributed by atoms with Gasteiger partial charge in [0, 0.05) is 15.7 Å². The lowest BCUT2D eigenvalue weighted by molar-refractivity contribution is 0.445. The van der Waals surface area contributed by atoms with Gasteiger partial charge in [0.15, 0.2) is 0 Å². The van der Waals surface area contributed by atoms with Crippen molar-refractivity contribution < 1.29 is 0 Å². The van der Waals surface area contributed by atoms with E-state index in [9.17, 15) is 4.79 Å². The first-order valence-corrected chi connectivity index (χ1v) is 7.87. The van der Waals surface area contributed by atoms with Crippen molar-refractivity contribution in [2.75, 3.05) is 5.32 Å². The van der Waals surface area contributed by atoms with Crippen molar-refractivity contribution in [3.63, 3.8) is 0 Å². The van der Waals surface area contributed by atoms with Crippen LogP contribution >= 0.6 is 22.6 Å². The SMILES string of the molecule is O=c1cc(NC2CCC2)cnn1Cc1ccc(I)cc1. The number of nitrogens with one attached hydrogen (secondary N) is 1. The highest BCUT2D eigenvalue weighted by molar-refractivity contribution is 14.1. The van der Waals surface area contributed by atoms with Crippen LogP contribution in [0.2, 0.25) is 0 Å². The summed E-state index contributed by atoms with van der Waals surface area (Å²) in [6, 6.07) is 10.3. The lowest BCUT2D eigenvalue weighted by Gasteiger charge is -2.27. The molecule has 0 atom stereocenters. The second-order valence-electron chi connectivity index (χ2n) is 5.14. The van der Waals surface area contributed by atoms with Crippen molar-refractivity contribution in [2.24, 2.45) is 0 Å². The van der Waals surface area contributed by atoms with Gasteiger partial charge < -0.3 is 5.32 Å². The maximum Gasteiger partial charge on any atom is 0.269 e. The van der Waals surface area contributed by atoms with Crippen LogP contribution in [0.5, 0.6) is 0 Å². The number of hydrogen-bond donors (Lipinski definition) is 1. The molecule has 1 saturated carbocycles. The van der Waals surface area contributed by atoms with Gasteiger partial charge in [0.25, 0.3) is 5.56 Å². The zero-order valence-electron chi connectivity index (χ0n) is 11.1. The lowest BCUT2D eigenvalue weighted by atomic mass is 9.93. The summed E-state index contributed by atoms with van der Waals surface area (Å²) in [5.41, 5.74) is 1.85. The average Bonchev–Trinajstić information content (AvgIpc) is 2.39. The molecule has 1 heterocycles. The number of aromatic nitrogens is 2. The van der Waals surface area contributed by atoms with E-state index in [1.807, 2.05) is 24.3 Å². The summed E-state index contributed by atoms with van der Waals surface area (Å²) in [5, 5.41) is 7.59. The molecule has 1 aliphatic carbocycles. The lowest BCUT2D eigenvalue weighted by Crippen LogP contribution is -2.29. The summed E-state index contributed by atoms with van der Waals surface area (Å²) in [6.07, 6.45) is 5.39. The Morgan fingerprint density at radius 1 is 1.30 bits per heavy atom. The largest absolute Gasteiger partial charge is 0.381 e.